The first kappa shape index (κ1) is 35.1. The Morgan fingerprint density at radius 1 is 0.882 bits per heavy atom. The maximum Gasteiger partial charge on any atom is 0.334 e. The minimum absolute atomic E-state index is 0.0547. The zero-order chi connectivity index (χ0) is 36.1. The van der Waals surface area contributed by atoms with E-state index in [9.17, 15) is 19.5 Å². The summed E-state index contributed by atoms with van der Waals surface area (Å²) in [5.41, 5.74) is 9.68. The molecule has 0 radical (unpaired) electrons. The predicted molar refractivity (Wildman–Crippen MR) is 191 cm³/mol. The molecule has 264 valence electrons. The number of phenols is 1. The van der Waals surface area contributed by atoms with Crippen molar-refractivity contribution in [3.05, 3.63) is 126 Å². The lowest BCUT2D eigenvalue weighted by Gasteiger charge is -2.54. The van der Waals surface area contributed by atoms with Gasteiger partial charge in [-0.05, 0) is 34.9 Å². The van der Waals surface area contributed by atoms with Gasteiger partial charge in [0, 0.05) is 44.6 Å². The van der Waals surface area contributed by atoms with Crippen LogP contribution in [0.3, 0.4) is 0 Å². The van der Waals surface area contributed by atoms with E-state index in [0.29, 0.717) is 13.1 Å². The quantitative estimate of drug-likeness (QED) is 0.194. The maximum atomic E-state index is 14.5. The zero-order valence-corrected chi connectivity index (χ0v) is 28.7. The number of aliphatic hydroxyl groups is 1. The lowest BCUT2D eigenvalue weighted by Crippen LogP contribution is -2.76. The third-order valence-electron chi connectivity index (χ3n) is 9.34. The van der Waals surface area contributed by atoms with Crippen LogP contribution in [-0.4, -0.2) is 97.1 Å². The number of phenolic OH excluding ortho intramolecular Hbond substituents is 1. The summed E-state index contributed by atoms with van der Waals surface area (Å²) in [6, 6.07) is 28.9. The molecule has 7 rings (SSSR count). The van der Waals surface area contributed by atoms with Crippen LogP contribution in [0.4, 0.5) is 10.5 Å². The summed E-state index contributed by atoms with van der Waals surface area (Å²) in [7, 11) is 2.72. The molecule has 0 saturated carbocycles. The number of nitrogens with zero attached hydrogens (tertiary/aromatic N) is 6. The molecule has 5 aromatic rings. The van der Waals surface area contributed by atoms with Crippen LogP contribution in [0.25, 0.3) is 10.9 Å². The molecule has 2 fully saturated rings. The van der Waals surface area contributed by atoms with Crippen LogP contribution < -0.4 is 11.1 Å². The number of hydrogen-bond donors (Lipinski definition) is 4. The topological polar surface area (TPSA) is 162 Å². The number of nitrogens with one attached hydrogen (secondary N) is 1. The Morgan fingerprint density at radius 2 is 1.59 bits per heavy atom. The first-order valence-corrected chi connectivity index (χ1v) is 16.7. The summed E-state index contributed by atoms with van der Waals surface area (Å²) in [5.74, 6) is -0.331. The molecule has 4 aromatic carbocycles. The molecule has 1 aromatic heterocycles. The number of hydrogen-bond acceptors (Lipinski definition) is 7. The summed E-state index contributed by atoms with van der Waals surface area (Å²) in [4.78, 5) is 45.4. The van der Waals surface area contributed by atoms with E-state index >= 15 is 0 Å². The molecule has 6 N–H and O–H groups in total. The lowest BCUT2D eigenvalue weighted by molar-refractivity contribution is -0.255. The number of fused-ring (bicyclic) bond motifs is 2. The largest absolute Gasteiger partial charge is 0.508 e. The summed E-state index contributed by atoms with van der Waals surface area (Å²) < 4.78 is 1.94. The average Bonchev–Trinajstić information content (AvgIpc) is 3.55. The van der Waals surface area contributed by atoms with Gasteiger partial charge in [-0.25, -0.2) is 14.8 Å². The van der Waals surface area contributed by atoms with Gasteiger partial charge in [-0.3, -0.25) is 14.3 Å². The van der Waals surface area contributed by atoms with Crippen molar-refractivity contribution >= 4 is 34.4 Å². The highest BCUT2D eigenvalue weighted by Crippen LogP contribution is 2.30. The van der Waals surface area contributed by atoms with Gasteiger partial charge in [0.25, 0.3) is 0 Å². The van der Waals surface area contributed by atoms with Crippen molar-refractivity contribution in [2.24, 2.45) is 0 Å². The smallest absolute Gasteiger partial charge is 0.334 e. The van der Waals surface area contributed by atoms with E-state index in [-0.39, 0.29) is 49.7 Å². The number of carbonyl (C=O) groups is 3. The SMILES string of the molecule is CN1CC(=O)N2[C@@H](Cc3ccc(O)cc3)C(=O)N(Cc3cccc4cnn(Cc5ccccc5[NH3+])c34)C[C@@H]2N1C(=O)NCc1ccccc1.CO. The van der Waals surface area contributed by atoms with Crippen LogP contribution in [0.5, 0.6) is 5.75 Å². The Balaban J connectivity index is 0.00000220. The Hall–Kier alpha value is -5.76. The summed E-state index contributed by atoms with van der Waals surface area (Å²) in [5, 5.41) is 28.7. The molecular weight excluding hydrogens is 648 g/mol. The Bertz CT molecular complexity index is 2000. The molecule has 2 atom stereocenters. The van der Waals surface area contributed by atoms with E-state index in [1.165, 1.54) is 0 Å². The van der Waals surface area contributed by atoms with Gasteiger partial charge in [-0.1, -0.05) is 78.9 Å². The number of carbonyl (C=O) groups excluding carboxylic acids is 3. The van der Waals surface area contributed by atoms with E-state index in [4.69, 9.17) is 10.2 Å². The molecule has 2 aliphatic heterocycles. The van der Waals surface area contributed by atoms with E-state index in [1.54, 1.807) is 51.1 Å². The van der Waals surface area contributed by atoms with E-state index in [1.807, 2.05) is 83.7 Å². The highest BCUT2D eigenvalue weighted by Gasteiger charge is 2.50. The minimum Gasteiger partial charge on any atom is -0.508 e. The van der Waals surface area contributed by atoms with Crippen molar-refractivity contribution in [3.8, 4) is 5.75 Å². The number of likely N-dealkylation sites (N-methyl/N-ethyl adjacent to an activating group) is 1. The van der Waals surface area contributed by atoms with Crippen LogP contribution >= 0.6 is 0 Å². The zero-order valence-electron chi connectivity index (χ0n) is 28.7. The van der Waals surface area contributed by atoms with Gasteiger partial charge < -0.3 is 31.1 Å². The van der Waals surface area contributed by atoms with E-state index in [0.717, 1.165) is 46.0 Å². The van der Waals surface area contributed by atoms with Crippen LogP contribution in [0.2, 0.25) is 0 Å². The Morgan fingerprint density at radius 3 is 2.33 bits per heavy atom. The van der Waals surface area contributed by atoms with Crippen molar-refractivity contribution in [1.82, 2.24) is 34.9 Å². The summed E-state index contributed by atoms with van der Waals surface area (Å²) >= 11 is 0. The molecule has 0 unspecified atom stereocenters. The van der Waals surface area contributed by atoms with Crippen LogP contribution in [0, 0.1) is 0 Å². The highest BCUT2D eigenvalue weighted by atomic mass is 16.3. The number of quaternary nitrogens is 1. The number of benzene rings is 4. The molecule has 0 aliphatic carbocycles. The monoisotopic (exact) mass is 691 g/mol. The molecular formula is C38H43N8O5+. The van der Waals surface area contributed by atoms with E-state index < -0.39 is 12.2 Å². The molecule has 51 heavy (non-hydrogen) atoms. The van der Waals surface area contributed by atoms with Crippen molar-refractivity contribution in [2.75, 3.05) is 27.2 Å². The fourth-order valence-corrected chi connectivity index (χ4v) is 6.90. The summed E-state index contributed by atoms with van der Waals surface area (Å²) in [6.45, 7) is 1.14. The van der Waals surface area contributed by atoms with Crippen LogP contribution in [0.15, 0.2) is 103 Å². The van der Waals surface area contributed by atoms with Gasteiger partial charge in [0.05, 0.1) is 31.3 Å². The van der Waals surface area contributed by atoms with Gasteiger partial charge in [0.1, 0.15) is 23.6 Å². The molecule has 0 bridgehead atoms. The highest BCUT2D eigenvalue weighted by molar-refractivity contribution is 5.92. The predicted octanol–water partition coefficient (Wildman–Crippen LogP) is 2.45. The second kappa shape index (κ2) is 15.4. The fraction of sp³-hybridized carbons (Fsp3) is 0.263. The average molecular weight is 692 g/mol. The molecule has 13 nitrogen and oxygen atoms in total. The Labute approximate surface area is 296 Å². The number of urea groups is 1. The van der Waals surface area contributed by atoms with Gasteiger partial charge in [0.2, 0.25) is 11.8 Å². The third-order valence-corrected chi connectivity index (χ3v) is 9.34. The first-order valence-electron chi connectivity index (χ1n) is 16.7. The standard InChI is InChI=1S/C37H38N8O4.CH4O/c1-41-24-34(47)44-32(18-25-14-16-30(46)17-15-25)36(48)42(23-33(44)45(41)37(49)39-19-26-8-3-2-4-9-26)21-29-12-7-11-27-20-40-43(35(27)29)22-28-10-5-6-13-31(28)38;1-2/h2-17,20,32-33,46H,18-19,21-24,38H2,1H3,(H,39,49);2H,1H3/p+1/t32-,33-;/m0./s1. The number of piperazine rings is 1. The molecule has 13 heteroatoms. The number of aromatic hydroxyl groups is 1. The number of amides is 4. The molecule has 0 spiro atoms. The molecule has 3 heterocycles. The lowest BCUT2D eigenvalue weighted by atomic mass is 9.98. The first-order chi connectivity index (χ1) is 24.8. The van der Waals surface area contributed by atoms with E-state index in [2.05, 4.69) is 11.1 Å². The van der Waals surface area contributed by atoms with Gasteiger partial charge >= 0.3 is 6.03 Å². The van der Waals surface area contributed by atoms with Gasteiger partial charge in [-0.2, -0.15) is 5.10 Å². The minimum atomic E-state index is -0.865. The second-order valence-electron chi connectivity index (χ2n) is 12.6. The normalized spacial score (nSPS) is 17.6. The van der Waals surface area contributed by atoms with Crippen molar-refractivity contribution < 1.29 is 30.3 Å². The van der Waals surface area contributed by atoms with Crippen LogP contribution in [0.1, 0.15) is 22.3 Å². The number of hydrazine groups is 1. The van der Waals surface area contributed by atoms with Crippen molar-refractivity contribution in [1.29, 1.82) is 0 Å². The van der Waals surface area contributed by atoms with Crippen molar-refractivity contribution in [2.45, 2.75) is 38.3 Å². The molecule has 4 amide bonds. The van der Waals surface area contributed by atoms with Gasteiger partial charge in [0.15, 0.2) is 0 Å². The Kier molecular flexibility index (Phi) is 10.6. The summed E-state index contributed by atoms with van der Waals surface area (Å²) in [6.07, 6.45) is 1.30. The van der Waals surface area contributed by atoms with Crippen LogP contribution in [-0.2, 0) is 35.6 Å². The molecule has 2 saturated heterocycles. The van der Waals surface area contributed by atoms with Crippen molar-refractivity contribution in [3.63, 3.8) is 0 Å². The number of rotatable bonds is 8. The van der Waals surface area contributed by atoms with Gasteiger partial charge in [-0.15, -0.1) is 0 Å². The fourth-order valence-electron chi connectivity index (χ4n) is 6.90. The molecule has 2 aliphatic rings. The third kappa shape index (κ3) is 7.41. The number of aliphatic hydroxyl groups excluding tert-OH is 1. The number of para-hydroxylation sites is 1. The maximum absolute atomic E-state index is 14.5. The second-order valence-corrected chi connectivity index (χ2v) is 12.6. The number of aromatic nitrogens is 2.